The molecule has 1 fully saturated rings. The largest absolute Gasteiger partial charge is 0.508 e. The molecule has 1 aliphatic rings. The van der Waals surface area contributed by atoms with E-state index in [1.165, 1.54) is 6.33 Å². The standard InChI is InChI=1S/C41H45ClN10O2/c1-48(20-23-50-24-21-49(2)22-25-50)19-8-4-3-5-10-29-12-9-14-34-36(29)41(54)51(26-31-11-6-7-13-33(31)42)35(46-34)27-52-40-37(39(43)44-28-45-40)38(47-52)30-15-17-32(53)18-16-30/h6-7,9,11-18,28,53H,3-4,8,19-27H2,1-2H3,(H2,43,44,45). The molecule has 0 aliphatic carbocycles. The van der Waals surface area contributed by atoms with Gasteiger partial charge in [0.15, 0.2) is 5.65 Å². The Labute approximate surface area is 319 Å². The number of rotatable bonds is 12. The Morgan fingerprint density at radius 3 is 2.52 bits per heavy atom. The van der Waals surface area contributed by atoms with Gasteiger partial charge in [0.25, 0.3) is 5.56 Å². The Morgan fingerprint density at radius 2 is 1.72 bits per heavy atom. The quantitative estimate of drug-likeness (QED) is 0.131. The van der Waals surface area contributed by atoms with Crippen LogP contribution in [-0.2, 0) is 13.1 Å². The van der Waals surface area contributed by atoms with E-state index in [9.17, 15) is 9.90 Å². The summed E-state index contributed by atoms with van der Waals surface area (Å²) in [5.74, 6) is 7.49. The first kappa shape index (κ1) is 37.0. The lowest BCUT2D eigenvalue weighted by atomic mass is 10.1. The number of nitrogen functional groups attached to an aromatic ring is 1. The molecule has 278 valence electrons. The molecular formula is C41H45ClN10O2. The lowest BCUT2D eigenvalue weighted by molar-refractivity contribution is 0.140. The van der Waals surface area contributed by atoms with Crippen molar-refractivity contribution in [3.8, 4) is 28.8 Å². The Kier molecular flexibility index (Phi) is 11.5. The predicted molar refractivity (Wildman–Crippen MR) is 215 cm³/mol. The average molecular weight is 745 g/mol. The van der Waals surface area contributed by atoms with Crippen molar-refractivity contribution in [2.75, 3.05) is 65.6 Å². The zero-order valence-electron chi connectivity index (χ0n) is 30.7. The number of nitrogens with zero attached hydrogens (tertiary/aromatic N) is 9. The van der Waals surface area contributed by atoms with Crippen LogP contribution in [-0.4, -0.2) is 109 Å². The molecule has 0 amide bonds. The number of aromatic nitrogens is 6. The second-order valence-electron chi connectivity index (χ2n) is 13.9. The highest BCUT2D eigenvalue weighted by atomic mass is 35.5. The van der Waals surface area contributed by atoms with Gasteiger partial charge in [-0.25, -0.2) is 19.6 Å². The smallest absolute Gasteiger partial charge is 0.263 e. The first-order valence-electron chi connectivity index (χ1n) is 18.4. The zero-order valence-corrected chi connectivity index (χ0v) is 31.5. The lowest BCUT2D eigenvalue weighted by Crippen LogP contribution is -2.46. The first-order chi connectivity index (χ1) is 26.2. The zero-order chi connectivity index (χ0) is 37.6. The fraction of sp³-hybridized carbons (Fsp3) is 0.341. The minimum absolute atomic E-state index is 0.112. The van der Waals surface area contributed by atoms with Gasteiger partial charge >= 0.3 is 0 Å². The molecule has 3 aromatic carbocycles. The number of unbranched alkanes of at least 4 members (excludes halogenated alkanes) is 2. The van der Waals surface area contributed by atoms with Crippen LogP contribution in [0.2, 0.25) is 5.02 Å². The van der Waals surface area contributed by atoms with Crippen molar-refractivity contribution >= 4 is 39.4 Å². The Balaban J connectivity index is 1.15. The summed E-state index contributed by atoms with van der Waals surface area (Å²) in [5.41, 5.74) is 9.89. The van der Waals surface area contributed by atoms with Crippen molar-refractivity contribution in [1.29, 1.82) is 0 Å². The summed E-state index contributed by atoms with van der Waals surface area (Å²) in [6.45, 7) is 8.09. The van der Waals surface area contributed by atoms with Gasteiger partial charge < -0.3 is 20.6 Å². The maximum absolute atomic E-state index is 14.6. The predicted octanol–water partition coefficient (Wildman–Crippen LogP) is 4.94. The summed E-state index contributed by atoms with van der Waals surface area (Å²) < 4.78 is 3.32. The molecule has 1 aliphatic heterocycles. The third-order valence-electron chi connectivity index (χ3n) is 10.0. The van der Waals surface area contributed by atoms with Gasteiger partial charge in [-0.2, -0.15) is 5.10 Å². The molecule has 3 aromatic heterocycles. The molecule has 54 heavy (non-hydrogen) atoms. The summed E-state index contributed by atoms with van der Waals surface area (Å²) >= 11 is 6.62. The van der Waals surface area contributed by atoms with Gasteiger partial charge in [0.2, 0.25) is 0 Å². The van der Waals surface area contributed by atoms with Crippen molar-refractivity contribution in [1.82, 2.24) is 44.0 Å². The number of phenols is 1. The van der Waals surface area contributed by atoms with E-state index in [4.69, 9.17) is 27.4 Å². The Bertz CT molecular complexity index is 2370. The van der Waals surface area contributed by atoms with Crippen molar-refractivity contribution in [2.24, 2.45) is 0 Å². The van der Waals surface area contributed by atoms with E-state index in [0.29, 0.717) is 44.0 Å². The first-order valence-corrected chi connectivity index (χ1v) is 18.7. The average Bonchev–Trinajstić information content (AvgIpc) is 3.54. The molecule has 0 atom stereocenters. The number of piperazine rings is 1. The molecule has 0 saturated carbocycles. The number of nitrogens with two attached hydrogens (primary N) is 1. The van der Waals surface area contributed by atoms with Crippen LogP contribution in [0.5, 0.6) is 5.75 Å². The monoisotopic (exact) mass is 744 g/mol. The van der Waals surface area contributed by atoms with Gasteiger partial charge in [-0.05, 0) is 81.5 Å². The van der Waals surface area contributed by atoms with Crippen molar-refractivity contribution in [3.05, 3.63) is 105 Å². The van der Waals surface area contributed by atoms with Crippen LogP contribution in [0.1, 0.15) is 36.2 Å². The van der Waals surface area contributed by atoms with Gasteiger partial charge in [0.1, 0.15) is 36.0 Å². The molecule has 0 radical (unpaired) electrons. The maximum Gasteiger partial charge on any atom is 0.263 e. The third kappa shape index (κ3) is 8.40. The molecule has 6 aromatic rings. The van der Waals surface area contributed by atoms with E-state index in [0.717, 1.165) is 76.2 Å². The number of anilines is 1. The van der Waals surface area contributed by atoms with Crippen LogP contribution in [0.4, 0.5) is 5.82 Å². The second-order valence-corrected chi connectivity index (χ2v) is 14.3. The molecule has 1 saturated heterocycles. The van der Waals surface area contributed by atoms with Crippen LogP contribution in [0.3, 0.4) is 0 Å². The summed E-state index contributed by atoms with van der Waals surface area (Å²) in [7, 11) is 4.38. The van der Waals surface area contributed by atoms with E-state index in [1.807, 2.05) is 42.5 Å². The van der Waals surface area contributed by atoms with Crippen LogP contribution < -0.4 is 11.3 Å². The topological polar surface area (TPSA) is 134 Å². The van der Waals surface area contributed by atoms with E-state index >= 15 is 0 Å². The molecule has 7 rings (SSSR count). The van der Waals surface area contributed by atoms with Gasteiger partial charge in [-0.3, -0.25) is 14.3 Å². The molecule has 0 unspecified atom stereocenters. The fourth-order valence-electron chi connectivity index (χ4n) is 6.84. The third-order valence-corrected chi connectivity index (χ3v) is 10.4. The lowest BCUT2D eigenvalue weighted by Gasteiger charge is -2.33. The number of phenolic OH excluding ortho intramolecular Hbond substituents is 1. The fourth-order valence-corrected chi connectivity index (χ4v) is 7.03. The summed E-state index contributed by atoms with van der Waals surface area (Å²) in [4.78, 5) is 35.7. The minimum Gasteiger partial charge on any atom is -0.508 e. The number of hydrogen-bond donors (Lipinski definition) is 2. The molecule has 3 N–H and O–H groups in total. The van der Waals surface area contributed by atoms with Gasteiger partial charge in [0, 0.05) is 61.8 Å². The second kappa shape index (κ2) is 16.8. The summed E-state index contributed by atoms with van der Waals surface area (Å²) in [6, 6.07) is 19.8. The SMILES string of the molecule is CN(CCCCC#Cc1cccc2nc(Cn3nc(-c4ccc(O)cc4)c4c(N)ncnc43)n(Cc3ccccc3Cl)c(=O)c12)CCN1CCN(C)CC1. The Morgan fingerprint density at radius 1 is 0.926 bits per heavy atom. The number of halogens is 1. The number of likely N-dealkylation sites (N-methyl/N-ethyl adjacent to an activating group) is 2. The number of aromatic hydroxyl groups is 1. The number of fused-ring (bicyclic) bond motifs is 2. The van der Waals surface area contributed by atoms with E-state index < -0.39 is 0 Å². The molecule has 0 spiro atoms. The van der Waals surface area contributed by atoms with Crippen LogP contribution >= 0.6 is 11.6 Å². The van der Waals surface area contributed by atoms with Crippen LogP contribution in [0.25, 0.3) is 33.2 Å². The van der Waals surface area contributed by atoms with Crippen molar-refractivity contribution in [2.45, 2.75) is 32.4 Å². The highest BCUT2D eigenvalue weighted by Gasteiger charge is 2.21. The number of benzene rings is 3. The van der Waals surface area contributed by atoms with Gasteiger partial charge in [-0.1, -0.05) is 47.7 Å². The number of hydrogen-bond acceptors (Lipinski definition) is 10. The molecule has 4 heterocycles. The highest BCUT2D eigenvalue weighted by Crippen LogP contribution is 2.31. The van der Waals surface area contributed by atoms with Crippen LogP contribution in [0.15, 0.2) is 77.9 Å². The molecule has 0 bridgehead atoms. The van der Waals surface area contributed by atoms with Gasteiger partial charge in [-0.15, -0.1) is 0 Å². The summed E-state index contributed by atoms with van der Waals surface area (Å²) in [5, 5.41) is 16.4. The van der Waals surface area contributed by atoms with E-state index in [1.54, 1.807) is 33.5 Å². The maximum atomic E-state index is 14.6. The van der Waals surface area contributed by atoms with Crippen molar-refractivity contribution < 1.29 is 5.11 Å². The Hall–Kier alpha value is -5.32. The van der Waals surface area contributed by atoms with E-state index in [-0.39, 0.29) is 30.2 Å². The van der Waals surface area contributed by atoms with Crippen LogP contribution in [0, 0.1) is 11.8 Å². The molecule has 12 nitrogen and oxygen atoms in total. The summed E-state index contributed by atoms with van der Waals surface area (Å²) in [6.07, 6.45) is 4.17. The molecular weight excluding hydrogens is 700 g/mol. The normalized spacial score (nSPS) is 13.9. The van der Waals surface area contributed by atoms with Crippen molar-refractivity contribution in [3.63, 3.8) is 0 Å². The van der Waals surface area contributed by atoms with E-state index in [2.05, 4.69) is 50.6 Å². The highest BCUT2D eigenvalue weighted by molar-refractivity contribution is 6.31. The minimum atomic E-state index is -0.217. The van der Waals surface area contributed by atoms with Gasteiger partial charge in [0.05, 0.1) is 22.8 Å². The molecule has 13 heteroatoms.